The molecule has 0 radical (unpaired) electrons. The van der Waals surface area contributed by atoms with Gasteiger partial charge in [0.2, 0.25) is 0 Å². The first-order valence-corrected chi connectivity index (χ1v) is 5.33. The molecule has 0 bridgehead atoms. The van der Waals surface area contributed by atoms with E-state index in [1.807, 2.05) is 43.3 Å². The van der Waals surface area contributed by atoms with E-state index in [1.54, 1.807) is 6.07 Å². The number of nitrogens with one attached hydrogen (secondary N) is 1. The summed E-state index contributed by atoms with van der Waals surface area (Å²) in [6, 6.07) is 15.4. The average molecular weight is 223 g/mol. The number of hydrogen-bond acceptors (Lipinski definition) is 3. The molecule has 2 rings (SSSR count). The Hall–Kier alpha value is -2.47. The highest BCUT2D eigenvalue weighted by Crippen LogP contribution is 2.25. The van der Waals surface area contributed by atoms with Crippen molar-refractivity contribution in [3.63, 3.8) is 0 Å². The van der Waals surface area contributed by atoms with E-state index in [0.717, 1.165) is 11.4 Å². The smallest absolute Gasteiger partial charge is 0.101 e. The first kappa shape index (κ1) is 11.0. The second-order valence-corrected chi connectivity index (χ2v) is 3.87. The molecule has 0 fully saturated rings. The first-order chi connectivity index (χ1) is 8.20. The fourth-order valence-corrected chi connectivity index (χ4v) is 1.65. The molecule has 0 aliphatic rings. The molecule has 0 unspecified atom stereocenters. The van der Waals surface area contributed by atoms with Gasteiger partial charge in [0.1, 0.15) is 6.07 Å². The van der Waals surface area contributed by atoms with Crippen LogP contribution in [0.25, 0.3) is 0 Å². The Morgan fingerprint density at radius 2 is 1.94 bits per heavy atom. The maximum Gasteiger partial charge on any atom is 0.101 e. The summed E-state index contributed by atoms with van der Waals surface area (Å²) in [5.74, 6) is 0. The number of rotatable bonds is 2. The van der Waals surface area contributed by atoms with Crippen molar-refractivity contribution in [3.8, 4) is 6.07 Å². The molecule has 3 N–H and O–H groups in total. The highest BCUT2D eigenvalue weighted by molar-refractivity contribution is 5.77. The summed E-state index contributed by atoms with van der Waals surface area (Å²) in [7, 11) is 0. The molecule has 17 heavy (non-hydrogen) atoms. The van der Waals surface area contributed by atoms with Crippen molar-refractivity contribution >= 4 is 17.1 Å². The highest BCUT2D eigenvalue weighted by Gasteiger charge is 2.04. The number of hydrogen-bond donors (Lipinski definition) is 2. The Kier molecular flexibility index (Phi) is 2.97. The molecule has 3 nitrogen and oxygen atoms in total. The fourth-order valence-electron chi connectivity index (χ4n) is 1.65. The van der Waals surface area contributed by atoms with Gasteiger partial charge in [0.25, 0.3) is 0 Å². The third-order valence-electron chi connectivity index (χ3n) is 2.52. The zero-order valence-corrected chi connectivity index (χ0v) is 9.57. The molecule has 0 saturated heterocycles. The largest absolute Gasteiger partial charge is 0.396 e. The van der Waals surface area contributed by atoms with Crippen LogP contribution in [0.5, 0.6) is 0 Å². The summed E-state index contributed by atoms with van der Waals surface area (Å²) in [4.78, 5) is 0. The van der Waals surface area contributed by atoms with Gasteiger partial charge in [-0.25, -0.2) is 0 Å². The molecule has 0 aromatic heterocycles. The number of nitrogens with two attached hydrogens (primary N) is 1. The third-order valence-corrected chi connectivity index (χ3v) is 2.52. The number of para-hydroxylation sites is 1. The van der Waals surface area contributed by atoms with E-state index in [9.17, 15) is 0 Å². The molecule has 84 valence electrons. The summed E-state index contributed by atoms with van der Waals surface area (Å²) < 4.78 is 0. The average Bonchev–Trinajstić information content (AvgIpc) is 2.32. The second kappa shape index (κ2) is 4.58. The fraction of sp³-hybridized carbons (Fsp3) is 0.0714. The Bertz CT molecular complexity index is 582. The van der Waals surface area contributed by atoms with Gasteiger partial charge in [0.15, 0.2) is 0 Å². The lowest BCUT2D eigenvalue weighted by Crippen LogP contribution is -1.98. The van der Waals surface area contributed by atoms with Crippen molar-refractivity contribution in [1.29, 1.82) is 5.26 Å². The van der Waals surface area contributed by atoms with E-state index >= 15 is 0 Å². The number of nitriles is 1. The number of anilines is 3. The lowest BCUT2D eigenvalue weighted by molar-refractivity contribution is 1.44. The zero-order chi connectivity index (χ0) is 12.3. The van der Waals surface area contributed by atoms with Crippen LogP contribution in [-0.2, 0) is 0 Å². The lowest BCUT2D eigenvalue weighted by Gasteiger charge is -2.10. The van der Waals surface area contributed by atoms with Crippen molar-refractivity contribution in [2.75, 3.05) is 11.1 Å². The molecule has 0 aliphatic heterocycles. The van der Waals surface area contributed by atoms with Gasteiger partial charge >= 0.3 is 0 Å². The van der Waals surface area contributed by atoms with Gasteiger partial charge in [-0.1, -0.05) is 18.2 Å². The van der Waals surface area contributed by atoms with Gasteiger partial charge in [0, 0.05) is 5.69 Å². The summed E-state index contributed by atoms with van der Waals surface area (Å²) in [6.45, 7) is 2.03. The van der Waals surface area contributed by atoms with Gasteiger partial charge in [0.05, 0.1) is 16.9 Å². The van der Waals surface area contributed by atoms with Gasteiger partial charge in [-0.3, -0.25) is 0 Å². The molecule has 0 spiro atoms. The maximum atomic E-state index is 8.90. The van der Waals surface area contributed by atoms with Gasteiger partial charge in [-0.05, 0) is 36.8 Å². The molecule has 0 aliphatic carbocycles. The molecule has 2 aromatic carbocycles. The Labute approximate surface area is 101 Å². The zero-order valence-electron chi connectivity index (χ0n) is 9.57. The predicted molar refractivity (Wildman–Crippen MR) is 70.0 cm³/mol. The molecule has 0 saturated carbocycles. The SMILES string of the molecule is Cc1cccc(Nc2cccc(C#N)c2N)c1. The molecular formula is C14H13N3. The summed E-state index contributed by atoms with van der Waals surface area (Å²) in [5.41, 5.74) is 9.76. The topological polar surface area (TPSA) is 61.8 Å². The van der Waals surface area contributed by atoms with Crippen LogP contribution in [0.1, 0.15) is 11.1 Å². The van der Waals surface area contributed by atoms with E-state index in [1.165, 1.54) is 5.56 Å². The van der Waals surface area contributed by atoms with Crippen molar-refractivity contribution in [2.45, 2.75) is 6.92 Å². The number of aryl methyl sites for hydroxylation is 1. The number of nitrogen functional groups attached to an aromatic ring is 1. The minimum atomic E-state index is 0.483. The van der Waals surface area contributed by atoms with Crippen LogP contribution in [-0.4, -0.2) is 0 Å². The van der Waals surface area contributed by atoms with Crippen molar-refractivity contribution in [1.82, 2.24) is 0 Å². The van der Waals surface area contributed by atoms with E-state index in [-0.39, 0.29) is 0 Å². The van der Waals surface area contributed by atoms with E-state index in [0.29, 0.717) is 11.3 Å². The minimum Gasteiger partial charge on any atom is -0.396 e. The summed E-state index contributed by atoms with van der Waals surface area (Å²) in [6.07, 6.45) is 0. The second-order valence-electron chi connectivity index (χ2n) is 3.87. The van der Waals surface area contributed by atoms with Crippen LogP contribution < -0.4 is 11.1 Å². The van der Waals surface area contributed by atoms with E-state index < -0.39 is 0 Å². The normalized spacial score (nSPS) is 9.65. The van der Waals surface area contributed by atoms with Crippen molar-refractivity contribution < 1.29 is 0 Å². The molecule has 2 aromatic rings. The lowest BCUT2D eigenvalue weighted by atomic mass is 10.1. The summed E-state index contributed by atoms with van der Waals surface area (Å²) >= 11 is 0. The standard InChI is InChI=1S/C14H13N3/c1-10-4-2-6-12(8-10)17-13-7-3-5-11(9-15)14(13)16/h2-8,17H,16H2,1H3. The van der Waals surface area contributed by atoms with Crippen molar-refractivity contribution in [3.05, 3.63) is 53.6 Å². The number of benzene rings is 2. The number of nitrogens with zero attached hydrogens (tertiary/aromatic N) is 1. The van der Waals surface area contributed by atoms with Crippen LogP contribution >= 0.6 is 0 Å². The Morgan fingerprint density at radius 3 is 2.65 bits per heavy atom. The predicted octanol–water partition coefficient (Wildman–Crippen LogP) is 3.19. The van der Waals surface area contributed by atoms with Crippen molar-refractivity contribution in [2.24, 2.45) is 0 Å². The van der Waals surface area contributed by atoms with Gasteiger partial charge in [-0.2, -0.15) is 5.26 Å². The molecule has 0 heterocycles. The maximum absolute atomic E-state index is 8.90. The highest BCUT2D eigenvalue weighted by atomic mass is 14.9. The van der Waals surface area contributed by atoms with Crippen LogP contribution in [0, 0.1) is 18.3 Å². The third kappa shape index (κ3) is 2.37. The molecule has 3 heteroatoms. The van der Waals surface area contributed by atoms with Crippen LogP contribution in [0.15, 0.2) is 42.5 Å². The van der Waals surface area contributed by atoms with Crippen LogP contribution in [0.4, 0.5) is 17.1 Å². The monoisotopic (exact) mass is 223 g/mol. The molecule has 0 amide bonds. The first-order valence-electron chi connectivity index (χ1n) is 5.33. The van der Waals surface area contributed by atoms with Gasteiger partial charge in [-0.15, -0.1) is 0 Å². The minimum absolute atomic E-state index is 0.483. The quantitative estimate of drug-likeness (QED) is 0.768. The van der Waals surface area contributed by atoms with Gasteiger partial charge < -0.3 is 11.1 Å². The summed E-state index contributed by atoms with van der Waals surface area (Å²) in [5, 5.41) is 12.1. The van der Waals surface area contributed by atoms with Crippen LogP contribution in [0.3, 0.4) is 0 Å². The van der Waals surface area contributed by atoms with E-state index in [4.69, 9.17) is 11.0 Å². The van der Waals surface area contributed by atoms with E-state index in [2.05, 4.69) is 11.4 Å². The Morgan fingerprint density at radius 1 is 1.18 bits per heavy atom. The molecule has 0 atom stereocenters. The Balaban J connectivity index is 2.34. The molecular weight excluding hydrogens is 210 g/mol. The van der Waals surface area contributed by atoms with Crippen LogP contribution in [0.2, 0.25) is 0 Å².